The van der Waals surface area contributed by atoms with Crippen LogP contribution in [-0.4, -0.2) is 74.6 Å². The zero-order valence-electron chi connectivity index (χ0n) is 17.4. The summed E-state index contributed by atoms with van der Waals surface area (Å²) in [5.74, 6) is 0.198. The maximum absolute atomic E-state index is 12.4. The number of anilines is 1. The van der Waals surface area contributed by atoms with Crippen LogP contribution in [0.5, 0.6) is 0 Å². The molecule has 0 bridgehead atoms. The van der Waals surface area contributed by atoms with Crippen molar-refractivity contribution in [2.24, 2.45) is 5.92 Å². The van der Waals surface area contributed by atoms with Gasteiger partial charge in [0.25, 0.3) is 11.8 Å². The molecule has 2 atom stereocenters. The van der Waals surface area contributed by atoms with Crippen LogP contribution in [0.15, 0.2) is 18.2 Å². The second kappa shape index (κ2) is 9.22. The van der Waals surface area contributed by atoms with Crippen LogP contribution in [-0.2, 0) is 0 Å². The maximum atomic E-state index is 12.4. The van der Waals surface area contributed by atoms with Crippen molar-refractivity contribution in [3.05, 3.63) is 29.3 Å². The van der Waals surface area contributed by atoms with E-state index in [0.717, 1.165) is 56.8 Å². The Balaban J connectivity index is 0.00000218. The first-order chi connectivity index (χ1) is 14.2. The van der Waals surface area contributed by atoms with Gasteiger partial charge in [-0.2, -0.15) is 0 Å². The van der Waals surface area contributed by atoms with Gasteiger partial charge < -0.3 is 15.5 Å². The van der Waals surface area contributed by atoms with Gasteiger partial charge in [0.15, 0.2) is 0 Å². The molecule has 2 unspecified atom stereocenters. The van der Waals surface area contributed by atoms with Gasteiger partial charge in [-0.15, -0.1) is 12.4 Å². The third kappa shape index (κ3) is 4.08. The molecule has 164 valence electrons. The summed E-state index contributed by atoms with van der Waals surface area (Å²) in [6.07, 6.45) is 4.94. The van der Waals surface area contributed by atoms with E-state index in [2.05, 4.69) is 25.8 Å². The Morgan fingerprint density at radius 2 is 1.73 bits per heavy atom. The lowest BCUT2D eigenvalue weighted by Gasteiger charge is -2.42. The Bertz CT molecular complexity index is 790. The van der Waals surface area contributed by atoms with Gasteiger partial charge in [-0.05, 0) is 63.4 Å². The topological polar surface area (TPSA) is 76.7 Å². The fraction of sp³-hybridized carbons (Fsp3) is 0.636. The zero-order valence-corrected chi connectivity index (χ0v) is 18.2. The minimum atomic E-state index is -0.271. The zero-order chi connectivity index (χ0) is 19.8. The summed E-state index contributed by atoms with van der Waals surface area (Å²) in [4.78, 5) is 29.5. The molecule has 1 aromatic carbocycles. The van der Waals surface area contributed by atoms with Crippen LogP contribution in [0, 0.1) is 5.92 Å². The molecular weight excluding hydrogens is 402 g/mol. The van der Waals surface area contributed by atoms with Crippen LogP contribution in [0.25, 0.3) is 0 Å². The number of likely N-dealkylation sites (tertiary alicyclic amines) is 1. The van der Waals surface area contributed by atoms with Crippen molar-refractivity contribution in [2.75, 3.05) is 50.7 Å². The van der Waals surface area contributed by atoms with Gasteiger partial charge in [0.05, 0.1) is 16.8 Å². The lowest BCUT2D eigenvalue weighted by molar-refractivity contribution is 0.0879. The molecule has 30 heavy (non-hydrogen) atoms. The fourth-order valence-electron chi connectivity index (χ4n) is 5.62. The van der Waals surface area contributed by atoms with Crippen LogP contribution in [0.2, 0.25) is 0 Å². The molecule has 2 amide bonds. The summed E-state index contributed by atoms with van der Waals surface area (Å²) < 4.78 is 0. The first-order valence-corrected chi connectivity index (χ1v) is 11.1. The molecule has 3 N–H and O–H groups in total. The normalized spacial score (nSPS) is 27.7. The minimum absolute atomic E-state index is 0. The van der Waals surface area contributed by atoms with E-state index in [1.807, 2.05) is 12.1 Å². The number of benzene rings is 1. The van der Waals surface area contributed by atoms with Crippen LogP contribution in [0.4, 0.5) is 5.69 Å². The van der Waals surface area contributed by atoms with Crippen LogP contribution < -0.4 is 20.9 Å². The standard InChI is InChI=1S/C22H31N5O2.ClH/c28-21-18-2-1-3-19(20(18)22(29)25-21)27-11-8-24-14-17(27)12-15-5-9-26(10-6-15)16-4-7-23-13-16;/h1-3,15-17,23-24H,4-14H2,(H,25,28,29);1H. The van der Waals surface area contributed by atoms with Crippen LogP contribution in [0.3, 0.4) is 0 Å². The molecule has 0 aliphatic carbocycles. The number of piperidine rings is 1. The molecule has 4 heterocycles. The number of nitrogens with zero attached hydrogens (tertiary/aromatic N) is 2. The van der Waals surface area contributed by atoms with Gasteiger partial charge in [-0.25, -0.2) is 0 Å². The molecule has 3 saturated heterocycles. The third-order valence-electron chi connectivity index (χ3n) is 7.21. The Morgan fingerprint density at radius 3 is 2.50 bits per heavy atom. The van der Waals surface area contributed by atoms with Gasteiger partial charge in [0, 0.05) is 38.3 Å². The Morgan fingerprint density at radius 1 is 0.933 bits per heavy atom. The average molecular weight is 434 g/mol. The van der Waals surface area contributed by atoms with Crippen LogP contribution in [0.1, 0.15) is 46.4 Å². The molecule has 4 aliphatic rings. The highest BCUT2D eigenvalue weighted by Crippen LogP contribution is 2.33. The van der Waals surface area contributed by atoms with E-state index >= 15 is 0 Å². The second-order valence-electron chi connectivity index (χ2n) is 8.90. The molecule has 0 saturated carbocycles. The van der Waals surface area contributed by atoms with Gasteiger partial charge in [0.1, 0.15) is 0 Å². The number of carbonyl (C=O) groups excluding carboxylic acids is 2. The quantitative estimate of drug-likeness (QED) is 0.620. The van der Waals surface area contributed by atoms with E-state index < -0.39 is 0 Å². The lowest BCUT2D eigenvalue weighted by atomic mass is 9.88. The predicted molar refractivity (Wildman–Crippen MR) is 120 cm³/mol. The number of rotatable bonds is 4. The molecule has 4 aliphatic heterocycles. The highest BCUT2D eigenvalue weighted by atomic mass is 35.5. The first-order valence-electron chi connectivity index (χ1n) is 11.1. The number of amides is 2. The molecule has 0 spiro atoms. The summed E-state index contributed by atoms with van der Waals surface area (Å²) in [5, 5.41) is 9.48. The molecule has 5 rings (SSSR count). The van der Waals surface area contributed by atoms with Gasteiger partial charge >= 0.3 is 0 Å². The number of hydrogen-bond donors (Lipinski definition) is 3. The second-order valence-corrected chi connectivity index (χ2v) is 8.90. The average Bonchev–Trinajstić information content (AvgIpc) is 3.38. The summed E-state index contributed by atoms with van der Waals surface area (Å²) in [6, 6.07) is 6.75. The predicted octanol–water partition coefficient (Wildman–Crippen LogP) is 1.23. The Labute approximate surface area is 184 Å². The van der Waals surface area contributed by atoms with Crippen molar-refractivity contribution in [1.29, 1.82) is 0 Å². The summed E-state index contributed by atoms with van der Waals surface area (Å²) in [5.41, 5.74) is 2.00. The Hall–Kier alpha value is -1.67. The highest BCUT2D eigenvalue weighted by molar-refractivity contribution is 6.23. The van der Waals surface area contributed by atoms with E-state index in [-0.39, 0.29) is 24.2 Å². The fourth-order valence-corrected chi connectivity index (χ4v) is 5.62. The van der Waals surface area contributed by atoms with E-state index in [9.17, 15) is 9.59 Å². The summed E-state index contributed by atoms with van der Waals surface area (Å²) in [6.45, 7) is 7.42. The lowest BCUT2D eigenvalue weighted by Crippen LogP contribution is -2.53. The van der Waals surface area contributed by atoms with Crippen molar-refractivity contribution in [3.63, 3.8) is 0 Å². The molecule has 0 radical (unpaired) electrons. The highest BCUT2D eigenvalue weighted by Gasteiger charge is 2.35. The number of nitrogens with one attached hydrogen (secondary N) is 3. The van der Waals surface area contributed by atoms with Crippen LogP contribution >= 0.6 is 12.4 Å². The number of imide groups is 1. The molecular formula is C22H32ClN5O2. The van der Waals surface area contributed by atoms with Gasteiger partial charge in [-0.3, -0.25) is 19.8 Å². The molecule has 0 aromatic heterocycles. The number of fused-ring (bicyclic) bond motifs is 1. The monoisotopic (exact) mass is 433 g/mol. The molecule has 8 heteroatoms. The molecule has 7 nitrogen and oxygen atoms in total. The van der Waals surface area contributed by atoms with E-state index in [1.54, 1.807) is 6.07 Å². The number of piperazine rings is 1. The molecule has 1 aromatic rings. The summed E-state index contributed by atoms with van der Waals surface area (Å²) >= 11 is 0. The minimum Gasteiger partial charge on any atom is -0.365 e. The number of carbonyl (C=O) groups is 2. The van der Waals surface area contributed by atoms with Crippen molar-refractivity contribution >= 4 is 29.9 Å². The van der Waals surface area contributed by atoms with Crippen molar-refractivity contribution < 1.29 is 9.59 Å². The van der Waals surface area contributed by atoms with Crippen molar-refractivity contribution in [1.82, 2.24) is 20.9 Å². The van der Waals surface area contributed by atoms with E-state index in [4.69, 9.17) is 0 Å². The maximum Gasteiger partial charge on any atom is 0.261 e. The van der Waals surface area contributed by atoms with Gasteiger partial charge in [0.2, 0.25) is 0 Å². The molecule has 3 fully saturated rings. The van der Waals surface area contributed by atoms with Crippen molar-refractivity contribution in [3.8, 4) is 0 Å². The summed E-state index contributed by atoms with van der Waals surface area (Å²) in [7, 11) is 0. The number of halogens is 1. The third-order valence-corrected chi connectivity index (χ3v) is 7.21. The smallest absolute Gasteiger partial charge is 0.261 e. The number of hydrogen-bond acceptors (Lipinski definition) is 6. The Kier molecular flexibility index (Phi) is 6.63. The first kappa shape index (κ1) is 21.6. The SMILES string of the molecule is Cl.O=C1NC(=O)c2c1cccc2N1CCNCC1CC1CCN(C2CCNC2)CC1. The van der Waals surface area contributed by atoms with E-state index in [1.165, 1.54) is 32.4 Å². The van der Waals surface area contributed by atoms with Crippen molar-refractivity contribution in [2.45, 2.75) is 37.8 Å². The van der Waals surface area contributed by atoms with E-state index in [0.29, 0.717) is 17.2 Å². The van der Waals surface area contributed by atoms with Gasteiger partial charge in [-0.1, -0.05) is 6.07 Å². The largest absolute Gasteiger partial charge is 0.365 e.